The van der Waals surface area contributed by atoms with Gasteiger partial charge in [0.25, 0.3) is 0 Å². The molecule has 5 heteroatoms. The van der Waals surface area contributed by atoms with Gasteiger partial charge in [-0.15, -0.1) is 0 Å². The Labute approximate surface area is 201 Å². The van der Waals surface area contributed by atoms with E-state index in [2.05, 4.69) is 55.5 Å². The average Bonchev–Trinajstić information content (AvgIpc) is 3.28. The van der Waals surface area contributed by atoms with E-state index in [-0.39, 0.29) is 6.10 Å². The first-order chi connectivity index (χ1) is 16.5. The van der Waals surface area contributed by atoms with Gasteiger partial charge in [0, 0.05) is 0 Å². The van der Waals surface area contributed by atoms with Crippen LogP contribution in [0.25, 0.3) is 0 Å². The van der Waals surface area contributed by atoms with E-state index in [0.29, 0.717) is 19.8 Å². The van der Waals surface area contributed by atoms with E-state index in [1.807, 2.05) is 50.2 Å². The SMILES string of the molecule is Cc1ccc([C@]2(COCc3ccccc3)O[C@@H]3OC(C)(C)O[C@@H]3[C@@H]2OCc2ccccc2)cc1. The summed E-state index contributed by atoms with van der Waals surface area (Å²) in [6.45, 7) is 7.11. The van der Waals surface area contributed by atoms with Crippen LogP contribution in [0.2, 0.25) is 0 Å². The molecule has 3 aromatic rings. The largest absolute Gasteiger partial charge is 0.373 e. The molecule has 0 amide bonds. The summed E-state index contributed by atoms with van der Waals surface area (Å²) in [4.78, 5) is 0. The number of hydrogen-bond acceptors (Lipinski definition) is 5. The molecule has 0 unspecified atom stereocenters. The quantitative estimate of drug-likeness (QED) is 0.444. The van der Waals surface area contributed by atoms with Crippen LogP contribution in [0, 0.1) is 6.92 Å². The molecular formula is C29H32O5. The van der Waals surface area contributed by atoms with E-state index < -0.39 is 23.8 Å². The van der Waals surface area contributed by atoms with Gasteiger partial charge in [0.05, 0.1) is 19.8 Å². The smallest absolute Gasteiger partial charge is 0.191 e. The molecule has 0 N–H and O–H groups in total. The molecule has 0 aliphatic carbocycles. The van der Waals surface area contributed by atoms with Crippen molar-refractivity contribution in [2.24, 2.45) is 0 Å². The van der Waals surface area contributed by atoms with Gasteiger partial charge in [-0.1, -0.05) is 90.5 Å². The maximum atomic E-state index is 6.68. The standard InChI is InChI=1S/C29H32O5/c1-21-14-16-24(17-15-21)29(20-30-18-22-10-6-4-7-11-22)26(31-19-23-12-8-5-9-13-23)25-27(34-29)33-28(2,3)32-25/h4-17,25-27H,18-20H2,1-3H3/t25-,26+,27+,29+/m1/s1. The molecule has 0 bridgehead atoms. The van der Waals surface area contributed by atoms with Gasteiger partial charge >= 0.3 is 0 Å². The molecule has 2 heterocycles. The summed E-state index contributed by atoms with van der Waals surface area (Å²) in [7, 11) is 0. The topological polar surface area (TPSA) is 46.2 Å². The van der Waals surface area contributed by atoms with E-state index in [1.165, 1.54) is 5.56 Å². The lowest BCUT2D eigenvalue weighted by Crippen LogP contribution is -2.47. The third kappa shape index (κ3) is 4.81. The summed E-state index contributed by atoms with van der Waals surface area (Å²) in [6, 6.07) is 28.7. The minimum Gasteiger partial charge on any atom is -0.373 e. The van der Waals surface area contributed by atoms with Gasteiger partial charge in [-0.3, -0.25) is 0 Å². The van der Waals surface area contributed by atoms with Crippen molar-refractivity contribution in [3.05, 3.63) is 107 Å². The Bertz CT molecular complexity index is 1070. The first-order valence-electron chi connectivity index (χ1n) is 11.8. The lowest BCUT2D eigenvalue weighted by molar-refractivity contribution is -0.259. The highest BCUT2D eigenvalue weighted by atomic mass is 16.8. The molecule has 0 spiro atoms. The third-order valence-corrected chi connectivity index (χ3v) is 6.41. The minimum atomic E-state index is -0.872. The number of aryl methyl sites for hydroxylation is 1. The molecule has 3 aromatic carbocycles. The molecule has 2 saturated heterocycles. The highest BCUT2D eigenvalue weighted by molar-refractivity contribution is 5.31. The van der Waals surface area contributed by atoms with Crippen molar-refractivity contribution < 1.29 is 23.7 Å². The summed E-state index contributed by atoms with van der Waals surface area (Å²) in [5.74, 6) is -0.742. The Kier molecular flexibility index (Phi) is 6.56. The van der Waals surface area contributed by atoms with Gasteiger partial charge in [0.15, 0.2) is 12.1 Å². The first-order valence-corrected chi connectivity index (χ1v) is 11.8. The van der Waals surface area contributed by atoms with Crippen molar-refractivity contribution in [3.8, 4) is 0 Å². The van der Waals surface area contributed by atoms with Crippen molar-refractivity contribution in [2.45, 2.75) is 63.9 Å². The second-order valence-corrected chi connectivity index (χ2v) is 9.54. The number of ether oxygens (including phenoxy) is 5. The van der Waals surface area contributed by atoms with Crippen molar-refractivity contribution in [1.29, 1.82) is 0 Å². The van der Waals surface area contributed by atoms with Crippen LogP contribution in [-0.2, 0) is 42.5 Å². The van der Waals surface area contributed by atoms with Crippen LogP contribution in [0.1, 0.15) is 36.1 Å². The fourth-order valence-electron chi connectivity index (χ4n) is 4.75. The van der Waals surface area contributed by atoms with E-state index in [0.717, 1.165) is 16.7 Å². The van der Waals surface area contributed by atoms with Gasteiger partial charge in [-0.2, -0.15) is 0 Å². The molecule has 0 saturated carbocycles. The van der Waals surface area contributed by atoms with Crippen molar-refractivity contribution in [3.63, 3.8) is 0 Å². The fraction of sp³-hybridized carbons (Fsp3) is 0.379. The summed E-state index contributed by atoms with van der Waals surface area (Å²) >= 11 is 0. The maximum Gasteiger partial charge on any atom is 0.191 e. The monoisotopic (exact) mass is 460 g/mol. The Morgan fingerprint density at radius 2 is 1.35 bits per heavy atom. The van der Waals surface area contributed by atoms with Crippen LogP contribution >= 0.6 is 0 Å². The lowest BCUT2D eigenvalue weighted by Gasteiger charge is -2.37. The highest BCUT2D eigenvalue weighted by Gasteiger charge is 2.63. The van der Waals surface area contributed by atoms with Crippen molar-refractivity contribution in [1.82, 2.24) is 0 Å². The predicted molar refractivity (Wildman–Crippen MR) is 129 cm³/mol. The van der Waals surface area contributed by atoms with Gasteiger partial charge in [-0.05, 0) is 37.5 Å². The summed E-state index contributed by atoms with van der Waals surface area (Å²) in [5.41, 5.74) is 3.49. The van der Waals surface area contributed by atoms with E-state index in [1.54, 1.807) is 0 Å². The number of hydrogen-bond donors (Lipinski definition) is 0. The second-order valence-electron chi connectivity index (χ2n) is 9.54. The predicted octanol–water partition coefficient (Wildman–Crippen LogP) is 5.50. The van der Waals surface area contributed by atoms with Gasteiger partial charge in [0.2, 0.25) is 0 Å². The Hall–Kier alpha value is -2.54. The van der Waals surface area contributed by atoms with Crippen LogP contribution in [-0.4, -0.2) is 30.9 Å². The van der Waals surface area contributed by atoms with E-state index in [9.17, 15) is 0 Å². The Balaban J connectivity index is 1.46. The minimum absolute atomic E-state index is 0.310. The summed E-state index contributed by atoms with van der Waals surface area (Å²) < 4.78 is 32.0. The number of fused-ring (bicyclic) bond motifs is 1. The van der Waals surface area contributed by atoms with Crippen molar-refractivity contribution >= 4 is 0 Å². The van der Waals surface area contributed by atoms with E-state index in [4.69, 9.17) is 23.7 Å². The normalized spacial score (nSPS) is 27.6. The van der Waals surface area contributed by atoms with Crippen LogP contribution < -0.4 is 0 Å². The zero-order chi connectivity index (χ0) is 23.6. The third-order valence-electron chi connectivity index (χ3n) is 6.41. The van der Waals surface area contributed by atoms with Crippen LogP contribution in [0.3, 0.4) is 0 Å². The molecular weight excluding hydrogens is 428 g/mol. The molecule has 178 valence electrons. The molecule has 2 aliphatic rings. The van der Waals surface area contributed by atoms with Crippen molar-refractivity contribution in [2.75, 3.05) is 6.61 Å². The Morgan fingerprint density at radius 3 is 2.00 bits per heavy atom. The molecule has 2 fully saturated rings. The molecule has 2 aliphatic heterocycles. The summed E-state index contributed by atoms with van der Waals surface area (Å²) in [6.07, 6.45) is -1.34. The van der Waals surface area contributed by atoms with Gasteiger partial charge < -0.3 is 23.7 Å². The highest BCUT2D eigenvalue weighted by Crippen LogP contribution is 2.49. The number of benzene rings is 3. The number of rotatable bonds is 8. The fourth-order valence-corrected chi connectivity index (χ4v) is 4.75. The van der Waals surface area contributed by atoms with Crippen LogP contribution in [0.5, 0.6) is 0 Å². The second kappa shape index (κ2) is 9.61. The Morgan fingerprint density at radius 1 is 0.735 bits per heavy atom. The van der Waals surface area contributed by atoms with Gasteiger partial charge in [0.1, 0.15) is 17.8 Å². The zero-order valence-corrected chi connectivity index (χ0v) is 20.0. The first kappa shape index (κ1) is 23.2. The van der Waals surface area contributed by atoms with Crippen LogP contribution in [0.4, 0.5) is 0 Å². The molecule has 5 rings (SSSR count). The molecule has 5 nitrogen and oxygen atoms in total. The molecule has 34 heavy (non-hydrogen) atoms. The zero-order valence-electron chi connectivity index (χ0n) is 20.0. The van der Waals surface area contributed by atoms with Crippen LogP contribution in [0.15, 0.2) is 84.9 Å². The lowest BCUT2D eigenvalue weighted by atomic mass is 9.87. The average molecular weight is 461 g/mol. The van der Waals surface area contributed by atoms with E-state index >= 15 is 0 Å². The molecule has 0 radical (unpaired) electrons. The summed E-state index contributed by atoms with van der Waals surface area (Å²) in [5, 5.41) is 0. The van der Waals surface area contributed by atoms with Gasteiger partial charge in [-0.25, -0.2) is 0 Å². The maximum absolute atomic E-state index is 6.68. The molecule has 4 atom stereocenters. The molecule has 0 aromatic heterocycles.